The van der Waals surface area contributed by atoms with Crippen LogP contribution in [0.2, 0.25) is 0 Å². The highest BCUT2D eigenvalue weighted by Gasteiger charge is 2.22. The van der Waals surface area contributed by atoms with E-state index in [1.165, 1.54) is 0 Å². The van der Waals surface area contributed by atoms with Gasteiger partial charge in [0.15, 0.2) is 6.10 Å². The van der Waals surface area contributed by atoms with E-state index in [1.54, 1.807) is 23.7 Å². The number of hydrogen-bond acceptors (Lipinski definition) is 4. The normalized spacial score (nSPS) is 12.7. The molecule has 0 aliphatic carbocycles. The number of esters is 1. The maximum Gasteiger partial charge on any atom is 0.311 e. The van der Waals surface area contributed by atoms with Crippen LogP contribution in [0.5, 0.6) is 0 Å². The van der Waals surface area contributed by atoms with Gasteiger partial charge in [-0.3, -0.25) is 14.3 Å². The van der Waals surface area contributed by atoms with Gasteiger partial charge in [0.1, 0.15) is 0 Å². The third-order valence-corrected chi connectivity index (χ3v) is 4.69. The zero-order valence-electron chi connectivity index (χ0n) is 16.7. The molecule has 5 heteroatoms. The van der Waals surface area contributed by atoms with Crippen LogP contribution in [0.4, 0.5) is 0 Å². The maximum atomic E-state index is 12.5. The molecule has 0 N–H and O–H groups in total. The summed E-state index contributed by atoms with van der Waals surface area (Å²) >= 11 is 0. The van der Waals surface area contributed by atoms with Crippen LogP contribution in [0.3, 0.4) is 0 Å². The Morgan fingerprint density at radius 2 is 1.73 bits per heavy atom. The van der Waals surface area contributed by atoms with Crippen molar-refractivity contribution < 1.29 is 14.3 Å². The minimum Gasteiger partial charge on any atom is -0.454 e. The molecule has 1 heterocycles. The third kappa shape index (κ3) is 4.40. The molecule has 0 radical (unpaired) electrons. The van der Waals surface area contributed by atoms with E-state index in [0.29, 0.717) is 5.56 Å². The van der Waals surface area contributed by atoms with Crippen molar-refractivity contribution in [3.8, 4) is 0 Å². The van der Waals surface area contributed by atoms with Crippen molar-refractivity contribution in [3.63, 3.8) is 0 Å². The Hall–Kier alpha value is -2.43. The van der Waals surface area contributed by atoms with Crippen LogP contribution < -0.4 is 0 Å². The Balaban J connectivity index is 2.03. The topological polar surface area (TPSA) is 61.2 Å². The van der Waals surface area contributed by atoms with Crippen LogP contribution in [-0.4, -0.2) is 27.6 Å². The van der Waals surface area contributed by atoms with E-state index in [0.717, 1.165) is 22.5 Å². The van der Waals surface area contributed by atoms with Gasteiger partial charge in [-0.1, -0.05) is 45.0 Å². The van der Waals surface area contributed by atoms with E-state index in [4.69, 9.17) is 4.74 Å². The molecule has 1 aromatic heterocycles. The molecule has 140 valence electrons. The number of rotatable bonds is 5. The summed E-state index contributed by atoms with van der Waals surface area (Å²) in [6.45, 7) is 11.7. The van der Waals surface area contributed by atoms with Crippen LogP contribution in [0.25, 0.3) is 0 Å². The Kier molecular flexibility index (Phi) is 5.69. The first-order chi connectivity index (χ1) is 12.0. The fraction of sp³-hybridized carbons (Fsp3) is 0.476. The lowest BCUT2D eigenvalue weighted by molar-refractivity contribution is -0.145. The number of carbonyl (C=O) groups is 2. The second kappa shape index (κ2) is 7.44. The zero-order chi connectivity index (χ0) is 19.6. The summed E-state index contributed by atoms with van der Waals surface area (Å²) in [5.74, 6) is -0.616. The molecular weight excluding hydrogens is 328 g/mol. The van der Waals surface area contributed by atoms with Gasteiger partial charge in [-0.25, -0.2) is 0 Å². The lowest BCUT2D eigenvalue weighted by Crippen LogP contribution is -2.25. The minimum atomic E-state index is -0.819. The highest BCUT2D eigenvalue weighted by Crippen LogP contribution is 2.22. The standard InChI is InChI=1S/C21H28N2O3/c1-13-18(14(2)23(7)22-13)12-19(24)26-15(3)20(25)16-8-10-17(11-9-16)21(4,5)6/h8-11,15H,12H2,1-7H3. The fourth-order valence-electron chi connectivity index (χ4n) is 2.88. The van der Waals surface area contributed by atoms with Crippen molar-refractivity contribution >= 4 is 11.8 Å². The van der Waals surface area contributed by atoms with Gasteiger partial charge in [0.2, 0.25) is 5.78 Å². The molecule has 5 nitrogen and oxygen atoms in total. The molecule has 2 rings (SSSR count). The van der Waals surface area contributed by atoms with Gasteiger partial charge < -0.3 is 4.74 Å². The first kappa shape index (κ1) is 19.9. The average Bonchev–Trinajstić information content (AvgIpc) is 2.79. The van der Waals surface area contributed by atoms with Crippen molar-refractivity contribution in [2.45, 2.75) is 59.5 Å². The molecule has 2 aromatic rings. The van der Waals surface area contributed by atoms with Gasteiger partial charge in [-0.05, 0) is 31.7 Å². The van der Waals surface area contributed by atoms with E-state index >= 15 is 0 Å². The van der Waals surface area contributed by atoms with Crippen molar-refractivity contribution in [1.82, 2.24) is 9.78 Å². The van der Waals surface area contributed by atoms with E-state index in [9.17, 15) is 9.59 Å². The summed E-state index contributed by atoms with van der Waals surface area (Å²) in [6.07, 6.45) is -0.702. The van der Waals surface area contributed by atoms with Crippen LogP contribution in [0, 0.1) is 13.8 Å². The number of nitrogens with zero attached hydrogens (tertiary/aromatic N) is 2. The number of aromatic nitrogens is 2. The van der Waals surface area contributed by atoms with E-state index < -0.39 is 12.1 Å². The SMILES string of the molecule is Cc1nn(C)c(C)c1CC(=O)OC(C)C(=O)c1ccc(C(C)(C)C)cc1. The molecule has 1 atom stereocenters. The van der Waals surface area contributed by atoms with E-state index in [2.05, 4.69) is 25.9 Å². The predicted molar refractivity (Wildman–Crippen MR) is 101 cm³/mol. The van der Waals surface area contributed by atoms with Gasteiger partial charge in [0.25, 0.3) is 0 Å². The highest BCUT2D eigenvalue weighted by atomic mass is 16.5. The van der Waals surface area contributed by atoms with Gasteiger partial charge in [0, 0.05) is 23.9 Å². The average molecular weight is 356 g/mol. The van der Waals surface area contributed by atoms with Gasteiger partial charge in [-0.2, -0.15) is 5.10 Å². The predicted octanol–water partition coefficient (Wildman–Crippen LogP) is 3.69. The second-order valence-corrected chi connectivity index (χ2v) is 7.77. The summed E-state index contributed by atoms with van der Waals surface area (Å²) < 4.78 is 7.10. The van der Waals surface area contributed by atoms with Gasteiger partial charge in [-0.15, -0.1) is 0 Å². The zero-order valence-corrected chi connectivity index (χ0v) is 16.7. The fourth-order valence-corrected chi connectivity index (χ4v) is 2.88. The second-order valence-electron chi connectivity index (χ2n) is 7.77. The number of ketones is 1. The third-order valence-electron chi connectivity index (χ3n) is 4.69. The van der Waals surface area contributed by atoms with Crippen molar-refractivity contribution in [1.29, 1.82) is 0 Å². The monoisotopic (exact) mass is 356 g/mol. The number of benzene rings is 1. The molecule has 0 saturated heterocycles. The summed E-state index contributed by atoms with van der Waals surface area (Å²) in [4.78, 5) is 24.8. The van der Waals surface area contributed by atoms with Crippen LogP contribution >= 0.6 is 0 Å². The molecule has 0 spiro atoms. The number of carbonyl (C=O) groups excluding carboxylic acids is 2. The van der Waals surface area contributed by atoms with Gasteiger partial charge in [0.05, 0.1) is 12.1 Å². The quantitative estimate of drug-likeness (QED) is 0.605. The van der Waals surface area contributed by atoms with E-state index in [-0.39, 0.29) is 17.6 Å². The minimum absolute atomic E-state index is 0.0269. The summed E-state index contributed by atoms with van der Waals surface area (Å²) in [7, 11) is 1.84. The Labute approximate surface area is 155 Å². The molecule has 0 amide bonds. The number of ether oxygens (including phenoxy) is 1. The molecule has 0 aliphatic heterocycles. The number of aryl methyl sites for hydroxylation is 2. The van der Waals surface area contributed by atoms with Crippen LogP contribution in [-0.2, 0) is 28.4 Å². The summed E-state index contributed by atoms with van der Waals surface area (Å²) in [5, 5.41) is 4.30. The smallest absolute Gasteiger partial charge is 0.311 e. The maximum absolute atomic E-state index is 12.5. The Bertz CT molecular complexity index is 811. The van der Waals surface area contributed by atoms with Crippen LogP contribution in [0.15, 0.2) is 24.3 Å². The molecule has 0 aliphatic rings. The van der Waals surface area contributed by atoms with Crippen LogP contribution in [0.1, 0.15) is 60.6 Å². The Morgan fingerprint density at radius 3 is 2.19 bits per heavy atom. The lowest BCUT2D eigenvalue weighted by Gasteiger charge is -2.19. The Morgan fingerprint density at radius 1 is 1.15 bits per heavy atom. The van der Waals surface area contributed by atoms with Crippen molar-refractivity contribution in [2.24, 2.45) is 7.05 Å². The molecule has 0 fully saturated rings. The van der Waals surface area contributed by atoms with E-state index in [1.807, 2.05) is 33.0 Å². The first-order valence-corrected chi connectivity index (χ1v) is 8.84. The molecule has 1 aromatic carbocycles. The summed E-state index contributed by atoms with van der Waals surface area (Å²) in [5.41, 5.74) is 4.31. The molecule has 1 unspecified atom stereocenters. The highest BCUT2D eigenvalue weighted by molar-refractivity contribution is 6.00. The molecular formula is C21H28N2O3. The largest absolute Gasteiger partial charge is 0.454 e. The van der Waals surface area contributed by atoms with Crippen molar-refractivity contribution in [2.75, 3.05) is 0 Å². The first-order valence-electron chi connectivity index (χ1n) is 8.84. The molecule has 26 heavy (non-hydrogen) atoms. The number of Topliss-reactive ketones (excluding diaryl/α,β-unsaturated/α-hetero) is 1. The molecule has 0 bridgehead atoms. The molecule has 0 saturated carbocycles. The lowest BCUT2D eigenvalue weighted by atomic mass is 9.86. The number of hydrogen-bond donors (Lipinski definition) is 0. The summed E-state index contributed by atoms with van der Waals surface area (Å²) in [6, 6.07) is 7.49. The van der Waals surface area contributed by atoms with Gasteiger partial charge >= 0.3 is 5.97 Å². The van der Waals surface area contributed by atoms with Crippen molar-refractivity contribution in [3.05, 3.63) is 52.3 Å².